The zero-order valence-electron chi connectivity index (χ0n) is 10.4. The summed E-state index contributed by atoms with van der Waals surface area (Å²) in [4.78, 5) is 9.29. The number of aryl methyl sites for hydroxylation is 1. The lowest BCUT2D eigenvalue weighted by molar-refractivity contribution is 0.769. The summed E-state index contributed by atoms with van der Waals surface area (Å²) in [7, 11) is 1.96. The number of hydrogen-bond donors (Lipinski definition) is 1. The molecule has 0 bridgehead atoms. The fraction of sp³-hybridized carbons (Fsp3) is 0.667. The van der Waals surface area contributed by atoms with Crippen LogP contribution in [0.3, 0.4) is 0 Å². The number of aromatic nitrogens is 2. The van der Waals surface area contributed by atoms with Crippen molar-refractivity contribution in [3.8, 4) is 0 Å². The lowest BCUT2D eigenvalue weighted by Gasteiger charge is -2.20. The highest BCUT2D eigenvalue weighted by atomic mass is 32.2. The Labute approximate surface area is 112 Å². The van der Waals surface area contributed by atoms with Crippen molar-refractivity contribution in [2.45, 2.75) is 25.1 Å². The second-order valence-corrected chi connectivity index (χ2v) is 6.48. The first-order valence-corrected chi connectivity index (χ1v) is 8.24. The Morgan fingerprint density at radius 1 is 1.47 bits per heavy atom. The van der Waals surface area contributed by atoms with Gasteiger partial charge in [0.05, 0.1) is 5.25 Å². The molecule has 0 saturated carbocycles. The van der Waals surface area contributed by atoms with Gasteiger partial charge in [-0.25, -0.2) is 9.97 Å². The Morgan fingerprint density at radius 3 is 3.00 bits per heavy atom. The maximum Gasteiger partial charge on any atom is 0.142 e. The molecule has 2 rings (SSSR count). The predicted molar refractivity (Wildman–Crippen MR) is 76.7 cm³/mol. The van der Waals surface area contributed by atoms with E-state index < -0.39 is 0 Å². The molecule has 1 N–H and O–H groups in total. The quantitative estimate of drug-likeness (QED) is 0.908. The molecule has 1 fully saturated rings. The van der Waals surface area contributed by atoms with E-state index in [1.54, 1.807) is 0 Å². The fourth-order valence-corrected chi connectivity index (χ4v) is 4.50. The van der Waals surface area contributed by atoms with Crippen molar-refractivity contribution in [3.05, 3.63) is 23.3 Å². The molecule has 1 saturated heterocycles. The van der Waals surface area contributed by atoms with Gasteiger partial charge in [0.2, 0.25) is 0 Å². The summed E-state index contributed by atoms with van der Waals surface area (Å²) >= 11 is 4.01. The van der Waals surface area contributed by atoms with E-state index in [1.807, 2.05) is 36.8 Å². The average molecular weight is 269 g/mol. The Hall–Kier alpha value is -0.260. The molecular weight excluding hydrogens is 250 g/mol. The molecule has 0 spiro atoms. The zero-order chi connectivity index (χ0) is 12.1. The van der Waals surface area contributed by atoms with Gasteiger partial charge in [0.25, 0.3) is 0 Å². The SMILES string of the molecule is CCc1nc(C2CSCCS2)ncc1CNC. The summed E-state index contributed by atoms with van der Waals surface area (Å²) in [6, 6.07) is 0. The van der Waals surface area contributed by atoms with Crippen molar-refractivity contribution in [3.63, 3.8) is 0 Å². The smallest absolute Gasteiger partial charge is 0.142 e. The minimum absolute atomic E-state index is 0.489. The van der Waals surface area contributed by atoms with Crippen LogP contribution in [-0.4, -0.2) is 34.3 Å². The molecule has 0 aliphatic carbocycles. The van der Waals surface area contributed by atoms with Gasteiger partial charge in [0.15, 0.2) is 0 Å². The van der Waals surface area contributed by atoms with Gasteiger partial charge >= 0.3 is 0 Å². The van der Waals surface area contributed by atoms with Crippen LogP contribution in [0.15, 0.2) is 6.20 Å². The molecule has 0 amide bonds. The van der Waals surface area contributed by atoms with E-state index in [0.717, 1.165) is 24.5 Å². The molecule has 1 unspecified atom stereocenters. The highest BCUT2D eigenvalue weighted by Crippen LogP contribution is 2.35. The Bertz CT molecular complexity index is 365. The molecule has 0 aromatic carbocycles. The Balaban J connectivity index is 2.17. The van der Waals surface area contributed by atoms with Crippen LogP contribution in [0.25, 0.3) is 0 Å². The fourth-order valence-electron chi connectivity index (χ4n) is 1.89. The van der Waals surface area contributed by atoms with Gasteiger partial charge in [-0.1, -0.05) is 6.92 Å². The Morgan fingerprint density at radius 2 is 2.35 bits per heavy atom. The molecule has 5 heteroatoms. The number of nitrogens with zero attached hydrogens (tertiary/aromatic N) is 2. The van der Waals surface area contributed by atoms with E-state index in [4.69, 9.17) is 4.98 Å². The first-order valence-electron chi connectivity index (χ1n) is 6.03. The van der Waals surface area contributed by atoms with Gasteiger partial charge in [-0.2, -0.15) is 11.8 Å². The monoisotopic (exact) mass is 269 g/mol. The summed E-state index contributed by atoms with van der Waals surface area (Å²) < 4.78 is 0. The van der Waals surface area contributed by atoms with Gasteiger partial charge in [-0.05, 0) is 13.5 Å². The van der Waals surface area contributed by atoms with Crippen molar-refractivity contribution < 1.29 is 0 Å². The maximum absolute atomic E-state index is 4.75. The third kappa shape index (κ3) is 3.36. The van der Waals surface area contributed by atoms with Crippen molar-refractivity contribution in [2.24, 2.45) is 0 Å². The van der Waals surface area contributed by atoms with E-state index in [0.29, 0.717) is 5.25 Å². The minimum atomic E-state index is 0.489. The highest BCUT2D eigenvalue weighted by molar-refractivity contribution is 8.06. The van der Waals surface area contributed by atoms with Crippen molar-refractivity contribution in [2.75, 3.05) is 24.3 Å². The van der Waals surface area contributed by atoms with E-state index in [1.165, 1.54) is 22.8 Å². The molecule has 1 aliphatic rings. The van der Waals surface area contributed by atoms with Crippen LogP contribution in [0.5, 0.6) is 0 Å². The molecule has 1 aromatic heterocycles. The second kappa shape index (κ2) is 6.61. The van der Waals surface area contributed by atoms with E-state index in [-0.39, 0.29) is 0 Å². The largest absolute Gasteiger partial charge is 0.316 e. The molecular formula is C12H19N3S2. The van der Waals surface area contributed by atoms with E-state index >= 15 is 0 Å². The highest BCUT2D eigenvalue weighted by Gasteiger charge is 2.19. The maximum atomic E-state index is 4.75. The van der Waals surface area contributed by atoms with Crippen molar-refractivity contribution in [1.29, 1.82) is 0 Å². The lowest BCUT2D eigenvalue weighted by Crippen LogP contribution is -2.14. The van der Waals surface area contributed by atoms with Crippen LogP contribution in [0.4, 0.5) is 0 Å². The van der Waals surface area contributed by atoms with Gasteiger partial charge in [-0.3, -0.25) is 0 Å². The standard InChI is InChI=1S/C12H19N3S2/c1-3-10-9(6-13-2)7-14-12(15-10)11-8-16-4-5-17-11/h7,11,13H,3-6,8H2,1-2H3. The van der Waals surface area contributed by atoms with E-state index in [9.17, 15) is 0 Å². The van der Waals surface area contributed by atoms with Crippen LogP contribution in [-0.2, 0) is 13.0 Å². The van der Waals surface area contributed by atoms with Gasteiger partial charge in [0.1, 0.15) is 5.82 Å². The molecule has 1 atom stereocenters. The minimum Gasteiger partial charge on any atom is -0.316 e. The third-order valence-electron chi connectivity index (χ3n) is 2.78. The topological polar surface area (TPSA) is 37.8 Å². The normalized spacial score (nSPS) is 20.5. The summed E-state index contributed by atoms with van der Waals surface area (Å²) in [6.07, 6.45) is 2.98. The molecule has 2 heterocycles. The Kier molecular flexibility index (Phi) is 5.13. The van der Waals surface area contributed by atoms with Crippen molar-refractivity contribution >= 4 is 23.5 Å². The second-order valence-electron chi connectivity index (χ2n) is 4.02. The van der Waals surface area contributed by atoms with Crippen LogP contribution < -0.4 is 5.32 Å². The molecule has 0 radical (unpaired) electrons. The average Bonchev–Trinajstić information content (AvgIpc) is 2.40. The third-order valence-corrected chi connectivity index (χ3v) is 5.53. The molecule has 1 aliphatic heterocycles. The molecule has 1 aromatic rings. The van der Waals surface area contributed by atoms with Gasteiger partial charge < -0.3 is 5.32 Å². The molecule has 3 nitrogen and oxygen atoms in total. The number of rotatable bonds is 4. The number of nitrogens with one attached hydrogen (secondary N) is 1. The van der Waals surface area contributed by atoms with Crippen LogP contribution >= 0.6 is 23.5 Å². The first kappa shape index (κ1) is 13.2. The first-order chi connectivity index (χ1) is 8.35. The van der Waals surface area contributed by atoms with E-state index in [2.05, 4.69) is 17.2 Å². The van der Waals surface area contributed by atoms with Crippen molar-refractivity contribution in [1.82, 2.24) is 15.3 Å². The number of thioether (sulfide) groups is 2. The van der Waals surface area contributed by atoms with Crippen LogP contribution in [0, 0.1) is 0 Å². The summed E-state index contributed by atoms with van der Waals surface area (Å²) in [5, 5.41) is 3.66. The zero-order valence-corrected chi connectivity index (χ0v) is 12.0. The lowest BCUT2D eigenvalue weighted by atomic mass is 10.2. The summed E-state index contributed by atoms with van der Waals surface area (Å²) in [5.74, 6) is 4.66. The molecule has 17 heavy (non-hydrogen) atoms. The molecule has 94 valence electrons. The summed E-state index contributed by atoms with van der Waals surface area (Å²) in [6.45, 7) is 3.02. The predicted octanol–water partition coefficient (Wildman–Crippen LogP) is 2.28. The van der Waals surface area contributed by atoms with Crippen LogP contribution in [0.1, 0.15) is 29.3 Å². The summed E-state index contributed by atoms with van der Waals surface area (Å²) in [5.41, 5.74) is 2.42. The van der Waals surface area contributed by atoms with Gasteiger partial charge in [-0.15, -0.1) is 11.8 Å². The number of hydrogen-bond acceptors (Lipinski definition) is 5. The van der Waals surface area contributed by atoms with Gasteiger partial charge in [0, 0.05) is 41.3 Å². The van der Waals surface area contributed by atoms with Crippen LogP contribution in [0.2, 0.25) is 0 Å².